The topological polar surface area (TPSA) is 88.2 Å². The van der Waals surface area contributed by atoms with E-state index in [0.717, 1.165) is 32.6 Å². The molecule has 0 saturated heterocycles. The number of hydrogen-bond donors (Lipinski definition) is 0. The first-order chi connectivity index (χ1) is 19.8. The quantitative estimate of drug-likeness (QED) is 0.244. The molecule has 2 aromatic carbocycles. The van der Waals surface area contributed by atoms with Crippen LogP contribution in [-0.4, -0.2) is 32.3 Å². The highest BCUT2D eigenvalue weighted by Crippen LogP contribution is 2.30. The summed E-state index contributed by atoms with van der Waals surface area (Å²) >= 11 is 11.8. The van der Waals surface area contributed by atoms with Gasteiger partial charge in [0.25, 0.3) is 11.1 Å². The Morgan fingerprint density at radius 3 is 1.69 bits per heavy atom. The van der Waals surface area contributed by atoms with Crippen molar-refractivity contribution in [1.29, 1.82) is 0 Å². The summed E-state index contributed by atoms with van der Waals surface area (Å²) in [5, 5.41) is 8.16. The van der Waals surface area contributed by atoms with Crippen LogP contribution in [0.3, 0.4) is 0 Å². The maximum Gasteiger partial charge on any atom is 0.274 e. The van der Waals surface area contributed by atoms with Crippen LogP contribution in [0.5, 0.6) is 11.5 Å². The van der Waals surface area contributed by atoms with E-state index in [2.05, 4.69) is 16.1 Å². The zero-order valence-corrected chi connectivity index (χ0v) is 25.3. The molecule has 0 bridgehead atoms. The van der Waals surface area contributed by atoms with E-state index in [4.69, 9.17) is 39.1 Å². The third kappa shape index (κ3) is 7.16. The number of rotatable bonds is 6. The number of aromatic nitrogens is 4. The second-order valence-electron chi connectivity index (χ2n) is 9.47. The lowest BCUT2D eigenvalue weighted by Crippen LogP contribution is -2.25. The molecule has 0 spiro atoms. The lowest BCUT2D eigenvalue weighted by Gasteiger charge is -2.14. The van der Waals surface area contributed by atoms with Gasteiger partial charge in [-0.25, -0.2) is 8.78 Å². The van der Waals surface area contributed by atoms with E-state index < -0.39 is 17.2 Å². The van der Waals surface area contributed by atoms with Gasteiger partial charge in [-0.05, 0) is 64.8 Å². The molecule has 0 atom stereocenters. The van der Waals surface area contributed by atoms with Gasteiger partial charge in [0.2, 0.25) is 0 Å². The number of benzene rings is 2. The summed E-state index contributed by atoms with van der Waals surface area (Å²) in [4.78, 5) is 24.4. The summed E-state index contributed by atoms with van der Waals surface area (Å²) in [7, 11) is 0. The van der Waals surface area contributed by atoms with Gasteiger partial charge < -0.3 is 9.47 Å². The van der Waals surface area contributed by atoms with Crippen molar-refractivity contribution < 1.29 is 18.3 Å². The van der Waals surface area contributed by atoms with Crippen LogP contribution in [0.15, 0.2) is 46.2 Å². The van der Waals surface area contributed by atoms with Gasteiger partial charge in [-0.3, -0.25) is 9.59 Å². The van der Waals surface area contributed by atoms with Crippen molar-refractivity contribution >= 4 is 23.2 Å². The number of hydrogen-bond acceptors (Lipinski definition) is 6. The molecule has 2 heterocycles. The predicted octanol–water partition coefficient (Wildman–Crippen LogP) is 6.08. The second-order valence-corrected chi connectivity index (χ2v) is 10.3. The van der Waals surface area contributed by atoms with Crippen molar-refractivity contribution in [2.75, 3.05) is 6.61 Å². The fraction of sp³-hybridized carbons (Fsp3) is 0.267. The first kappa shape index (κ1) is 32.3. The maximum atomic E-state index is 14.1. The molecule has 2 aromatic heterocycles. The van der Waals surface area contributed by atoms with Gasteiger partial charge in [-0.1, -0.05) is 29.1 Å². The molecule has 0 aliphatic carbocycles. The summed E-state index contributed by atoms with van der Waals surface area (Å²) in [5.74, 6) is 1.49. The van der Waals surface area contributed by atoms with Crippen LogP contribution in [0.1, 0.15) is 36.1 Å². The minimum Gasteiger partial charge on any atom is -0.489 e. The zero-order valence-electron chi connectivity index (χ0n) is 23.8. The summed E-state index contributed by atoms with van der Waals surface area (Å²) in [6.45, 7) is 10.5. The van der Waals surface area contributed by atoms with Gasteiger partial charge in [-0.15, -0.1) is 6.42 Å². The third-order valence-corrected chi connectivity index (χ3v) is 6.67. The van der Waals surface area contributed by atoms with Crippen LogP contribution in [0.2, 0.25) is 10.0 Å². The highest BCUT2D eigenvalue weighted by Gasteiger charge is 2.17. The summed E-state index contributed by atoms with van der Waals surface area (Å²) in [6.07, 6.45) is 8.00. The predicted molar refractivity (Wildman–Crippen MR) is 159 cm³/mol. The Bertz CT molecular complexity index is 1800. The van der Waals surface area contributed by atoms with Crippen molar-refractivity contribution in [3.05, 3.63) is 101 Å². The molecule has 12 heteroatoms. The van der Waals surface area contributed by atoms with Crippen molar-refractivity contribution in [2.45, 2.75) is 47.6 Å². The SMILES string of the molecule is C#CCOc1cc(-n2ncc(C)c(C)c2=O)c(F)cc1Cl.Cc1cnn(-c2cc(OC(C)C)c(Cl)cc2F)c(=O)c1C. The van der Waals surface area contributed by atoms with E-state index in [-0.39, 0.29) is 45.4 Å². The van der Waals surface area contributed by atoms with Gasteiger partial charge in [0, 0.05) is 23.3 Å². The Morgan fingerprint density at radius 2 is 1.26 bits per heavy atom. The second kappa shape index (κ2) is 13.6. The normalized spacial score (nSPS) is 10.6. The molecule has 0 aliphatic rings. The highest BCUT2D eigenvalue weighted by atomic mass is 35.5. The van der Waals surface area contributed by atoms with Crippen LogP contribution < -0.4 is 20.6 Å². The van der Waals surface area contributed by atoms with Crippen LogP contribution in [-0.2, 0) is 0 Å². The van der Waals surface area contributed by atoms with Gasteiger partial charge in [0.15, 0.2) is 11.6 Å². The van der Waals surface area contributed by atoms with Crippen LogP contribution >= 0.6 is 23.2 Å². The standard InChI is InChI=1S/C15H16ClFN2O2.C15H12ClFN2O2/c1-8(2)21-14-6-13(12(17)5-11(14)16)19-15(20)10(4)9(3)7-18-19;1-4-5-21-14-7-13(12(17)6-11(14)16)19-15(20)10(3)9(2)8-18-19/h5-8H,1-4H3;1,6-8H,5H2,2-3H3. The monoisotopic (exact) mass is 616 g/mol. The van der Waals surface area contributed by atoms with E-state index in [0.29, 0.717) is 16.9 Å². The van der Waals surface area contributed by atoms with E-state index in [1.54, 1.807) is 27.7 Å². The molecule has 0 N–H and O–H groups in total. The molecular weight excluding hydrogens is 589 g/mol. The molecule has 8 nitrogen and oxygen atoms in total. The molecule has 0 fully saturated rings. The number of nitrogens with zero attached hydrogens (tertiary/aromatic N) is 4. The summed E-state index contributed by atoms with van der Waals surface area (Å²) in [5.41, 5.74) is 1.70. The molecular formula is C30H28Cl2F2N4O4. The summed E-state index contributed by atoms with van der Waals surface area (Å²) < 4.78 is 40.9. The lowest BCUT2D eigenvalue weighted by molar-refractivity contribution is 0.242. The molecule has 0 radical (unpaired) electrons. The molecule has 220 valence electrons. The molecule has 0 amide bonds. The van der Waals surface area contributed by atoms with Crippen LogP contribution in [0.4, 0.5) is 8.78 Å². The first-order valence-corrected chi connectivity index (χ1v) is 13.3. The van der Waals surface area contributed by atoms with E-state index >= 15 is 0 Å². The summed E-state index contributed by atoms with van der Waals surface area (Å²) in [6, 6.07) is 4.88. The van der Waals surface area contributed by atoms with Crippen molar-refractivity contribution in [3.63, 3.8) is 0 Å². The lowest BCUT2D eigenvalue weighted by atomic mass is 10.2. The molecule has 4 rings (SSSR count). The number of halogens is 4. The van der Waals surface area contributed by atoms with E-state index in [9.17, 15) is 18.4 Å². The smallest absolute Gasteiger partial charge is 0.274 e. The number of aryl methyl sites for hydroxylation is 2. The van der Waals surface area contributed by atoms with E-state index in [1.165, 1.54) is 24.5 Å². The van der Waals surface area contributed by atoms with Crippen molar-refractivity contribution in [1.82, 2.24) is 19.6 Å². The number of terminal acetylenes is 1. The molecule has 0 aliphatic heterocycles. The van der Waals surface area contributed by atoms with Crippen LogP contribution in [0.25, 0.3) is 11.4 Å². The molecule has 0 saturated carbocycles. The minimum atomic E-state index is -0.675. The highest BCUT2D eigenvalue weighted by molar-refractivity contribution is 6.32. The Kier molecular flexibility index (Phi) is 10.5. The number of ether oxygens (including phenoxy) is 2. The van der Waals surface area contributed by atoms with Crippen molar-refractivity contribution in [2.24, 2.45) is 0 Å². The van der Waals surface area contributed by atoms with Gasteiger partial charge >= 0.3 is 0 Å². The van der Waals surface area contributed by atoms with E-state index in [1.807, 2.05) is 13.8 Å². The fourth-order valence-corrected chi connectivity index (χ4v) is 3.92. The molecule has 42 heavy (non-hydrogen) atoms. The largest absolute Gasteiger partial charge is 0.489 e. The van der Waals surface area contributed by atoms with Crippen molar-refractivity contribution in [3.8, 4) is 35.2 Å². The first-order valence-electron chi connectivity index (χ1n) is 12.6. The average Bonchev–Trinajstić information content (AvgIpc) is 2.93. The minimum absolute atomic E-state index is 0.0138. The Morgan fingerprint density at radius 1 is 0.833 bits per heavy atom. The van der Waals surface area contributed by atoms with Gasteiger partial charge in [-0.2, -0.15) is 19.6 Å². The van der Waals surface area contributed by atoms with Crippen LogP contribution in [0, 0.1) is 51.7 Å². The average molecular weight is 617 g/mol. The molecule has 4 aromatic rings. The van der Waals surface area contributed by atoms with Gasteiger partial charge in [0.1, 0.15) is 29.5 Å². The maximum absolute atomic E-state index is 14.1. The Hall–Kier alpha value is -4.20. The Balaban J connectivity index is 0.000000230. The zero-order chi connectivity index (χ0) is 31.3. The fourth-order valence-electron chi connectivity index (χ4n) is 3.52. The molecule has 0 unspecified atom stereocenters. The van der Waals surface area contributed by atoms with Gasteiger partial charge in [0.05, 0.1) is 28.5 Å². The third-order valence-electron chi connectivity index (χ3n) is 6.08. The Labute approximate surface area is 251 Å².